The monoisotopic (exact) mass is 381 g/mol. The molecular weight excluding hydrogens is 367 g/mol. The summed E-state index contributed by atoms with van der Waals surface area (Å²) in [5, 5.41) is 9.13. The highest BCUT2D eigenvalue weighted by molar-refractivity contribution is 7.88. The van der Waals surface area contributed by atoms with Gasteiger partial charge in [-0.1, -0.05) is 0 Å². The van der Waals surface area contributed by atoms with E-state index in [1.165, 1.54) is 0 Å². The van der Waals surface area contributed by atoms with Gasteiger partial charge in [0.15, 0.2) is 5.78 Å². The van der Waals surface area contributed by atoms with Crippen molar-refractivity contribution in [1.82, 2.24) is 4.90 Å². The van der Waals surface area contributed by atoms with E-state index in [-0.39, 0.29) is 12.1 Å². The lowest BCUT2D eigenvalue weighted by molar-refractivity contribution is -0.0500. The molecule has 1 saturated heterocycles. The molecular formula is C14H14F3NO6S. The van der Waals surface area contributed by atoms with E-state index in [0.29, 0.717) is 19.3 Å². The fourth-order valence-electron chi connectivity index (χ4n) is 2.47. The average Bonchev–Trinajstić information content (AvgIpc) is 2.53. The van der Waals surface area contributed by atoms with E-state index in [4.69, 9.17) is 5.11 Å². The van der Waals surface area contributed by atoms with Crippen LogP contribution >= 0.6 is 0 Å². The average molecular weight is 381 g/mol. The summed E-state index contributed by atoms with van der Waals surface area (Å²) in [6.07, 6.45) is 0.420. The minimum atomic E-state index is -5.80. The van der Waals surface area contributed by atoms with Crippen molar-refractivity contribution in [3.05, 3.63) is 29.8 Å². The molecule has 1 aliphatic rings. The highest BCUT2D eigenvalue weighted by Crippen LogP contribution is 2.27. The SMILES string of the molecule is O=C(c1ccc(OS(=O)(=O)C(F)(F)F)cc1)[C@@H]1CCCCN1C(=O)O. The number of alkyl halides is 3. The van der Waals surface area contributed by atoms with Gasteiger partial charge in [-0.25, -0.2) is 4.79 Å². The lowest BCUT2D eigenvalue weighted by Gasteiger charge is -2.32. The highest BCUT2D eigenvalue weighted by atomic mass is 32.2. The molecule has 1 atom stereocenters. The molecule has 0 spiro atoms. The van der Waals surface area contributed by atoms with E-state index in [1.54, 1.807) is 0 Å². The van der Waals surface area contributed by atoms with Crippen LogP contribution in [0.2, 0.25) is 0 Å². The molecule has 1 fully saturated rings. The van der Waals surface area contributed by atoms with Crippen molar-refractivity contribution in [2.45, 2.75) is 30.8 Å². The molecule has 1 aromatic rings. The number of nitrogens with zero attached hydrogens (tertiary/aromatic N) is 1. The van der Waals surface area contributed by atoms with E-state index in [1.807, 2.05) is 0 Å². The van der Waals surface area contributed by atoms with E-state index in [0.717, 1.165) is 29.2 Å². The van der Waals surface area contributed by atoms with Crippen molar-refractivity contribution < 1.29 is 40.5 Å². The zero-order valence-corrected chi connectivity index (χ0v) is 13.5. The molecule has 0 aromatic heterocycles. The third kappa shape index (κ3) is 4.21. The molecule has 1 amide bonds. The first-order chi connectivity index (χ1) is 11.5. The second kappa shape index (κ2) is 6.90. The van der Waals surface area contributed by atoms with E-state index in [2.05, 4.69) is 4.18 Å². The molecule has 0 bridgehead atoms. The van der Waals surface area contributed by atoms with Gasteiger partial charge in [0.2, 0.25) is 0 Å². The molecule has 0 aliphatic carbocycles. The van der Waals surface area contributed by atoms with Crippen molar-refractivity contribution in [2.24, 2.45) is 0 Å². The standard InChI is InChI=1S/C14H14F3NO6S/c15-14(16,17)25(22,23)24-10-6-4-9(5-7-10)12(19)11-3-1-2-8-18(11)13(20)21/h4-7,11H,1-3,8H2,(H,20,21)/t11-/m0/s1. The van der Waals surface area contributed by atoms with Crippen LogP contribution < -0.4 is 4.18 Å². The molecule has 2 rings (SSSR count). The molecule has 25 heavy (non-hydrogen) atoms. The number of halogens is 3. The minimum absolute atomic E-state index is 0.0508. The summed E-state index contributed by atoms with van der Waals surface area (Å²) >= 11 is 0. The quantitative estimate of drug-likeness (QED) is 0.489. The maximum atomic E-state index is 12.4. The Labute approximate surface area is 141 Å². The van der Waals surface area contributed by atoms with Gasteiger partial charge in [-0.15, -0.1) is 0 Å². The van der Waals surface area contributed by atoms with Crippen molar-refractivity contribution in [3.8, 4) is 5.75 Å². The highest BCUT2D eigenvalue weighted by Gasteiger charge is 2.48. The summed E-state index contributed by atoms with van der Waals surface area (Å²) in [6.45, 7) is 0.219. The summed E-state index contributed by atoms with van der Waals surface area (Å²) in [6, 6.07) is 3.13. The Morgan fingerprint density at radius 1 is 1.16 bits per heavy atom. The Hall–Kier alpha value is -2.30. The van der Waals surface area contributed by atoms with Gasteiger partial charge < -0.3 is 9.29 Å². The maximum Gasteiger partial charge on any atom is 0.534 e. The number of benzene rings is 1. The molecule has 11 heteroatoms. The Bertz CT molecular complexity index is 760. The number of Topliss-reactive ketones (excluding diaryl/α,β-unsaturated/α-hetero) is 1. The lowest BCUT2D eigenvalue weighted by atomic mass is 9.95. The largest absolute Gasteiger partial charge is 0.534 e. The van der Waals surface area contributed by atoms with E-state index >= 15 is 0 Å². The Morgan fingerprint density at radius 3 is 2.28 bits per heavy atom. The summed E-state index contributed by atoms with van der Waals surface area (Å²) in [5.74, 6) is -1.11. The number of likely N-dealkylation sites (tertiary alicyclic amines) is 1. The number of hydrogen-bond acceptors (Lipinski definition) is 5. The first-order valence-corrected chi connectivity index (χ1v) is 8.58. The van der Waals surface area contributed by atoms with E-state index in [9.17, 15) is 31.2 Å². The molecule has 7 nitrogen and oxygen atoms in total. The summed E-state index contributed by atoms with van der Waals surface area (Å²) < 4.78 is 62.6. The number of hydrogen-bond donors (Lipinski definition) is 1. The topological polar surface area (TPSA) is 101 Å². The lowest BCUT2D eigenvalue weighted by Crippen LogP contribution is -2.47. The molecule has 1 aromatic carbocycles. The maximum absolute atomic E-state index is 12.4. The van der Waals surface area contributed by atoms with Crippen LogP contribution in [0.4, 0.5) is 18.0 Å². The third-order valence-electron chi connectivity index (χ3n) is 3.68. The molecule has 0 radical (unpaired) electrons. The molecule has 138 valence electrons. The third-order valence-corrected chi connectivity index (χ3v) is 4.66. The number of amides is 1. The zero-order valence-electron chi connectivity index (χ0n) is 12.7. The number of carbonyl (C=O) groups is 2. The van der Waals surface area contributed by atoms with Gasteiger partial charge in [0, 0.05) is 12.1 Å². The van der Waals surface area contributed by atoms with Gasteiger partial charge in [0.25, 0.3) is 0 Å². The smallest absolute Gasteiger partial charge is 0.465 e. The van der Waals surface area contributed by atoms with Crippen LogP contribution in [0.5, 0.6) is 5.75 Å². The first-order valence-electron chi connectivity index (χ1n) is 7.17. The first kappa shape index (κ1) is 19.0. The molecule has 0 unspecified atom stereocenters. The second-order valence-electron chi connectivity index (χ2n) is 5.36. The zero-order chi connectivity index (χ0) is 18.8. The Morgan fingerprint density at radius 2 is 1.76 bits per heavy atom. The number of carboxylic acid groups (broad SMARTS) is 1. The van der Waals surface area contributed by atoms with Gasteiger partial charge in [0.05, 0.1) is 6.04 Å². The fraction of sp³-hybridized carbons (Fsp3) is 0.429. The number of rotatable bonds is 4. The summed E-state index contributed by atoms with van der Waals surface area (Å²) in [4.78, 5) is 24.6. The number of piperidine rings is 1. The predicted molar refractivity (Wildman–Crippen MR) is 78.7 cm³/mol. The normalized spacial score (nSPS) is 18.7. The van der Waals surface area contributed by atoms with Crippen molar-refractivity contribution in [3.63, 3.8) is 0 Å². The molecule has 0 saturated carbocycles. The van der Waals surface area contributed by atoms with Crippen molar-refractivity contribution in [2.75, 3.05) is 6.54 Å². The Balaban J connectivity index is 2.16. The van der Waals surface area contributed by atoms with Crippen LogP contribution in [0, 0.1) is 0 Å². The van der Waals surface area contributed by atoms with Gasteiger partial charge in [-0.05, 0) is 43.5 Å². The van der Waals surface area contributed by atoms with Crippen LogP contribution in [0.1, 0.15) is 29.6 Å². The van der Waals surface area contributed by atoms with Crippen LogP contribution in [-0.4, -0.2) is 48.4 Å². The van der Waals surface area contributed by atoms with Crippen molar-refractivity contribution >= 4 is 22.0 Å². The van der Waals surface area contributed by atoms with Gasteiger partial charge >= 0.3 is 21.7 Å². The summed E-state index contributed by atoms with van der Waals surface area (Å²) in [7, 11) is -5.80. The van der Waals surface area contributed by atoms with Gasteiger partial charge in [0.1, 0.15) is 5.75 Å². The van der Waals surface area contributed by atoms with Gasteiger partial charge in [-0.2, -0.15) is 21.6 Å². The fourth-order valence-corrected chi connectivity index (χ4v) is 2.93. The predicted octanol–water partition coefficient (Wildman–Crippen LogP) is 2.63. The second-order valence-corrected chi connectivity index (χ2v) is 6.90. The molecule has 1 N–H and O–H groups in total. The number of carbonyl (C=O) groups excluding carboxylic acids is 1. The van der Waals surface area contributed by atoms with E-state index < -0.39 is 39.3 Å². The molecule has 1 aliphatic heterocycles. The van der Waals surface area contributed by atoms with Crippen LogP contribution in [0.15, 0.2) is 24.3 Å². The summed E-state index contributed by atoms with van der Waals surface area (Å²) in [5.41, 5.74) is -5.51. The van der Waals surface area contributed by atoms with Gasteiger partial charge in [-0.3, -0.25) is 9.69 Å². The number of ketones is 1. The van der Waals surface area contributed by atoms with Crippen molar-refractivity contribution in [1.29, 1.82) is 0 Å². The Kier molecular flexibility index (Phi) is 5.26. The molecule has 1 heterocycles. The minimum Gasteiger partial charge on any atom is -0.465 e. The van der Waals surface area contributed by atoms with Crippen LogP contribution in [-0.2, 0) is 10.1 Å². The van der Waals surface area contributed by atoms with Crippen LogP contribution in [0.3, 0.4) is 0 Å². The van der Waals surface area contributed by atoms with Crippen LogP contribution in [0.25, 0.3) is 0 Å².